The Bertz CT molecular complexity index is 236. The van der Waals surface area contributed by atoms with E-state index in [-0.39, 0.29) is 5.88 Å². The van der Waals surface area contributed by atoms with Gasteiger partial charge in [0, 0.05) is 0 Å². The highest BCUT2D eigenvalue weighted by Gasteiger charge is 2.28. The van der Waals surface area contributed by atoms with E-state index in [0.717, 1.165) is 12.4 Å². The van der Waals surface area contributed by atoms with Gasteiger partial charge in [0.15, 0.2) is 6.61 Å². The van der Waals surface area contributed by atoms with Gasteiger partial charge >= 0.3 is 6.18 Å². The molecule has 0 amide bonds. The van der Waals surface area contributed by atoms with E-state index in [9.17, 15) is 13.2 Å². The van der Waals surface area contributed by atoms with Gasteiger partial charge in [-0.2, -0.15) is 13.2 Å². The summed E-state index contributed by atoms with van der Waals surface area (Å²) in [6.07, 6.45) is 0.153. The summed E-state index contributed by atoms with van der Waals surface area (Å²) in [6.45, 7) is -1.36. The van der Waals surface area contributed by atoms with Crippen molar-refractivity contribution in [3.05, 3.63) is 18.6 Å². The van der Waals surface area contributed by atoms with Crippen LogP contribution in [0.4, 0.5) is 13.2 Å². The minimum Gasteiger partial charge on any atom is -0.467 e. The molecule has 0 aliphatic heterocycles. The number of hydrogen-bond acceptors (Lipinski definition) is 3. The molecule has 3 nitrogen and oxygen atoms in total. The first-order valence-electron chi connectivity index (χ1n) is 2.95. The fourth-order valence-corrected chi connectivity index (χ4v) is 0.482. The molecule has 1 radical (unpaired) electrons. The molecule has 65 valence electrons. The van der Waals surface area contributed by atoms with Crippen molar-refractivity contribution in [2.24, 2.45) is 0 Å². The summed E-state index contributed by atoms with van der Waals surface area (Å²) in [7, 11) is 0. The highest BCUT2D eigenvalue weighted by Crippen LogP contribution is 2.15. The van der Waals surface area contributed by atoms with Crippen LogP contribution in [0.1, 0.15) is 0 Å². The Hall–Kier alpha value is -1.33. The monoisotopic (exact) mass is 177 g/mol. The second-order valence-electron chi connectivity index (χ2n) is 1.89. The van der Waals surface area contributed by atoms with Gasteiger partial charge < -0.3 is 4.74 Å². The topological polar surface area (TPSA) is 35.0 Å². The summed E-state index contributed by atoms with van der Waals surface area (Å²) >= 11 is 0. The quantitative estimate of drug-likeness (QED) is 0.681. The molecule has 0 atom stereocenters. The molecule has 0 saturated heterocycles. The molecule has 0 saturated carbocycles. The molecule has 0 unspecified atom stereocenters. The van der Waals surface area contributed by atoms with Crippen molar-refractivity contribution in [3.63, 3.8) is 0 Å². The maximum Gasteiger partial charge on any atom is 0.422 e. The third kappa shape index (κ3) is 3.18. The molecular formula is C6H4F3N2O. The molecule has 0 bridgehead atoms. The molecular weight excluding hydrogens is 173 g/mol. The Morgan fingerprint density at radius 2 is 2.25 bits per heavy atom. The maximum absolute atomic E-state index is 11.6. The van der Waals surface area contributed by atoms with Crippen molar-refractivity contribution >= 4 is 0 Å². The summed E-state index contributed by atoms with van der Waals surface area (Å²) in [5.41, 5.74) is 0. The van der Waals surface area contributed by atoms with Crippen LogP contribution in [-0.2, 0) is 0 Å². The van der Waals surface area contributed by atoms with Gasteiger partial charge in [-0.25, -0.2) is 9.97 Å². The number of ether oxygens (including phenoxy) is 1. The Morgan fingerprint density at radius 3 is 2.75 bits per heavy atom. The maximum atomic E-state index is 11.6. The molecule has 1 rings (SSSR count). The van der Waals surface area contributed by atoms with E-state index < -0.39 is 12.8 Å². The lowest BCUT2D eigenvalue weighted by Crippen LogP contribution is -2.19. The molecule has 0 aliphatic carbocycles. The number of halogens is 3. The van der Waals surface area contributed by atoms with E-state index in [1.807, 2.05) is 0 Å². The first-order chi connectivity index (χ1) is 5.58. The van der Waals surface area contributed by atoms with Crippen molar-refractivity contribution in [1.82, 2.24) is 9.97 Å². The Labute approximate surface area is 66.2 Å². The number of alkyl halides is 3. The fraction of sp³-hybridized carbons (Fsp3) is 0.333. The largest absolute Gasteiger partial charge is 0.467 e. The van der Waals surface area contributed by atoms with Crippen molar-refractivity contribution in [2.45, 2.75) is 6.18 Å². The summed E-state index contributed by atoms with van der Waals surface area (Å²) in [6, 6.07) is 0. The number of rotatable bonds is 2. The minimum atomic E-state index is -4.35. The van der Waals surface area contributed by atoms with Crippen LogP contribution < -0.4 is 4.74 Å². The van der Waals surface area contributed by atoms with Gasteiger partial charge in [0.2, 0.25) is 5.88 Å². The van der Waals surface area contributed by atoms with Gasteiger partial charge in [0.25, 0.3) is 0 Å². The second kappa shape index (κ2) is 3.38. The molecule has 0 aromatic carbocycles. The SMILES string of the molecule is FC(F)(F)COc1cn[c]cn1. The second-order valence-corrected chi connectivity index (χ2v) is 1.89. The third-order valence-corrected chi connectivity index (χ3v) is 0.883. The minimum absolute atomic E-state index is 0.161. The lowest BCUT2D eigenvalue weighted by molar-refractivity contribution is -0.154. The van der Waals surface area contributed by atoms with Crippen LogP contribution in [0.3, 0.4) is 0 Å². The smallest absolute Gasteiger partial charge is 0.422 e. The van der Waals surface area contributed by atoms with Crippen LogP contribution in [0.2, 0.25) is 0 Å². The van der Waals surface area contributed by atoms with E-state index in [2.05, 4.69) is 20.9 Å². The average molecular weight is 177 g/mol. The van der Waals surface area contributed by atoms with Gasteiger partial charge in [-0.15, -0.1) is 0 Å². The summed E-state index contributed by atoms with van der Waals surface area (Å²) in [5.74, 6) is -0.161. The number of nitrogens with zero attached hydrogens (tertiary/aromatic N) is 2. The zero-order valence-corrected chi connectivity index (χ0v) is 5.80. The lowest BCUT2D eigenvalue weighted by Gasteiger charge is -2.06. The van der Waals surface area contributed by atoms with Crippen molar-refractivity contribution in [1.29, 1.82) is 0 Å². The van der Waals surface area contributed by atoms with Crippen LogP contribution in [0.5, 0.6) is 5.88 Å². The van der Waals surface area contributed by atoms with Gasteiger partial charge in [-0.05, 0) is 0 Å². The lowest BCUT2D eigenvalue weighted by atomic mass is 10.7. The number of aromatic nitrogens is 2. The van der Waals surface area contributed by atoms with Crippen molar-refractivity contribution in [3.8, 4) is 5.88 Å². The van der Waals surface area contributed by atoms with E-state index in [1.165, 1.54) is 0 Å². The molecule has 12 heavy (non-hydrogen) atoms. The van der Waals surface area contributed by atoms with Crippen LogP contribution in [-0.4, -0.2) is 22.8 Å². The van der Waals surface area contributed by atoms with Gasteiger partial charge in [0.1, 0.15) is 6.20 Å². The molecule has 0 N–H and O–H groups in total. The normalized spacial score (nSPS) is 11.2. The Balaban J connectivity index is 2.44. The van der Waals surface area contributed by atoms with Crippen LogP contribution in [0, 0.1) is 6.20 Å². The summed E-state index contributed by atoms with van der Waals surface area (Å²) in [4.78, 5) is 6.85. The zero-order valence-electron chi connectivity index (χ0n) is 5.80. The standard InChI is InChI=1S/C6H4F3N2O/c7-6(8,9)4-12-5-3-10-1-2-11-5/h2-3H,4H2. The van der Waals surface area contributed by atoms with Crippen molar-refractivity contribution < 1.29 is 17.9 Å². The average Bonchev–Trinajstić information content (AvgIpc) is 2.02. The van der Waals surface area contributed by atoms with Crippen molar-refractivity contribution in [2.75, 3.05) is 6.61 Å². The molecule has 0 fully saturated rings. The summed E-state index contributed by atoms with van der Waals surface area (Å²) in [5, 5.41) is 0. The van der Waals surface area contributed by atoms with Gasteiger partial charge in [-0.1, -0.05) is 0 Å². The van der Waals surface area contributed by atoms with Gasteiger partial charge in [0.05, 0.1) is 12.4 Å². The molecule has 1 aromatic heterocycles. The fourth-order valence-electron chi connectivity index (χ4n) is 0.482. The summed E-state index contributed by atoms with van der Waals surface area (Å²) < 4.78 is 38.9. The first kappa shape index (κ1) is 8.76. The molecule has 1 aromatic rings. The highest BCUT2D eigenvalue weighted by atomic mass is 19.4. The Kier molecular flexibility index (Phi) is 2.47. The predicted molar refractivity (Wildman–Crippen MR) is 32.4 cm³/mol. The highest BCUT2D eigenvalue weighted by molar-refractivity contribution is 5.00. The molecule has 0 aliphatic rings. The van der Waals surface area contributed by atoms with Crippen LogP contribution in [0.25, 0.3) is 0 Å². The predicted octanol–water partition coefficient (Wildman–Crippen LogP) is 1.22. The van der Waals surface area contributed by atoms with E-state index in [0.29, 0.717) is 0 Å². The molecule has 0 spiro atoms. The van der Waals surface area contributed by atoms with E-state index in [1.54, 1.807) is 0 Å². The zero-order chi connectivity index (χ0) is 9.03. The Morgan fingerprint density at radius 1 is 1.50 bits per heavy atom. The third-order valence-electron chi connectivity index (χ3n) is 0.883. The molecule has 1 heterocycles. The van der Waals surface area contributed by atoms with E-state index in [4.69, 9.17) is 0 Å². The van der Waals surface area contributed by atoms with Crippen LogP contribution >= 0.6 is 0 Å². The van der Waals surface area contributed by atoms with Gasteiger partial charge in [-0.3, -0.25) is 0 Å². The van der Waals surface area contributed by atoms with E-state index >= 15 is 0 Å². The number of hydrogen-bond donors (Lipinski definition) is 0. The van der Waals surface area contributed by atoms with Crippen LogP contribution in [0.15, 0.2) is 12.4 Å². The first-order valence-corrected chi connectivity index (χ1v) is 2.95. The molecule has 6 heteroatoms.